The van der Waals surface area contributed by atoms with Crippen LogP contribution in [0.4, 0.5) is 5.69 Å². The average molecular weight is 495 g/mol. The van der Waals surface area contributed by atoms with Crippen molar-refractivity contribution >= 4 is 40.3 Å². The first-order valence-electron chi connectivity index (χ1n) is 11.8. The summed E-state index contributed by atoms with van der Waals surface area (Å²) in [5.74, 6) is -0.0165. The van der Waals surface area contributed by atoms with Crippen molar-refractivity contribution in [1.29, 1.82) is 0 Å². The van der Waals surface area contributed by atoms with Gasteiger partial charge in [0.05, 0.1) is 13.2 Å². The molecule has 8 nitrogen and oxygen atoms in total. The van der Waals surface area contributed by atoms with Crippen LogP contribution in [-0.2, 0) is 9.59 Å². The van der Waals surface area contributed by atoms with Crippen molar-refractivity contribution in [2.24, 2.45) is 4.99 Å². The summed E-state index contributed by atoms with van der Waals surface area (Å²) in [4.78, 5) is 43.9. The van der Waals surface area contributed by atoms with E-state index in [2.05, 4.69) is 20.5 Å². The Labute approximate surface area is 209 Å². The lowest BCUT2D eigenvalue weighted by Crippen LogP contribution is -2.33. The number of amides is 3. The van der Waals surface area contributed by atoms with Gasteiger partial charge in [0.1, 0.15) is 11.0 Å². The number of hydrogen-bond donors (Lipinski definition) is 2. The number of benzene rings is 2. The van der Waals surface area contributed by atoms with Crippen LogP contribution < -0.4 is 15.4 Å². The number of carbonyl (C=O) groups is 3. The van der Waals surface area contributed by atoms with Gasteiger partial charge in [-0.25, -0.2) is 0 Å². The van der Waals surface area contributed by atoms with Crippen LogP contribution in [0.1, 0.15) is 54.6 Å². The highest BCUT2D eigenvalue weighted by Gasteiger charge is 2.33. The van der Waals surface area contributed by atoms with Gasteiger partial charge in [0.25, 0.3) is 11.8 Å². The Morgan fingerprint density at radius 1 is 1.11 bits per heavy atom. The standard InChI is InChI=1S/C26H30N4O4S/c1-17(20-8-4-5-9-21(20)34-2)27-24(32)18-10-12-19(13-11-18)28-23(31)16-22-25(33)29-26(35-22)30-14-6-3-7-15-30/h4-5,8-13,17,22H,3,6-7,14-16H2,1-2H3,(H,27,32)(H,28,31)/t17-,22-/m0/s1. The Bertz CT molecular complexity index is 1110. The van der Waals surface area contributed by atoms with E-state index in [9.17, 15) is 14.4 Å². The fourth-order valence-electron chi connectivity index (χ4n) is 4.20. The third-order valence-electron chi connectivity index (χ3n) is 6.11. The minimum Gasteiger partial charge on any atom is -0.496 e. The summed E-state index contributed by atoms with van der Waals surface area (Å²) in [6.45, 7) is 3.72. The number of amidine groups is 1. The van der Waals surface area contributed by atoms with Gasteiger partial charge in [-0.05, 0) is 56.5 Å². The van der Waals surface area contributed by atoms with Gasteiger partial charge in [0, 0.05) is 36.3 Å². The number of nitrogens with zero attached hydrogens (tertiary/aromatic N) is 2. The number of carbonyl (C=O) groups excluding carboxylic acids is 3. The lowest BCUT2D eigenvalue weighted by atomic mass is 10.1. The predicted octanol–water partition coefficient (Wildman–Crippen LogP) is 4.00. The van der Waals surface area contributed by atoms with E-state index in [0.29, 0.717) is 17.0 Å². The third kappa shape index (κ3) is 6.22. The second kappa shape index (κ2) is 11.4. The van der Waals surface area contributed by atoms with E-state index in [1.165, 1.54) is 18.2 Å². The molecule has 2 atom stereocenters. The highest BCUT2D eigenvalue weighted by Crippen LogP contribution is 2.29. The molecule has 0 unspecified atom stereocenters. The Morgan fingerprint density at radius 3 is 2.54 bits per heavy atom. The first-order valence-corrected chi connectivity index (χ1v) is 12.7. The second-order valence-corrected chi connectivity index (χ2v) is 9.82. The number of likely N-dealkylation sites (tertiary alicyclic amines) is 1. The highest BCUT2D eigenvalue weighted by molar-refractivity contribution is 8.15. The second-order valence-electron chi connectivity index (χ2n) is 8.65. The molecule has 1 fully saturated rings. The molecule has 35 heavy (non-hydrogen) atoms. The number of anilines is 1. The van der Waals surface area contributed by atoms with Crippen LogP contribution in [0.25, 0.3) is 0 Å². The van der Waals surface area contributed by atoms with Gasteiger partial charge in [-0.2, -0.15) is 4.99 Å². The van der Waals surface area contributed by atoms with Gasteiger partial charge in [-0.15, -0.1) is 0 Å². The molecule has 2 aromatic carbocycles. The van der Waals surface area contributed by atoms with Crippen LogP contribution in [0, 0.1) is 0 Å². The molecule has 3 amide bonds. The van der Waals surface area contributed by atoms with Crippen molar-refractivity contribution in [3.8, 4) is 5.75 Å². The maximum atomic E-state index is 12.7. The largest absolute Gasteiger partial charge is 0.496 e. The van der Waals surface area contributed by atoms with Gasteiger partial charge < -0.3 is 20.3 Å². The number of ether oxygens (including phenoxy) is 1. The van der Waals surface area contributed by atoms with Gasteiger partial charge in [0.2, 0.25) is 5.91 Å². The molecule has 2 N–H and O–H groups in total. The number of methoxy groups -OCH3 is 1. The Morgan fingerprint density at radius 2 is 1.83 bits per heavy atom. The van der Waals surface area contributed by atoms with Crippen molar-refractivity contribution in [2.75, 3.05) is 25.5 Å². The smallest absolute Gasteiger partial charge is 0.262 e. The van der Waals surface area contributed by atoms with Crippen molar-refractivity contribution in [2.45, 2.75) is 43.9 Å². The van der Waals surface area contributed by atoms with Crippen LogP contribution in [0.5, 0.6) is 5.75 Å². The molecule has 0 bridgehead atoms. The fourth-order valence-corrected chi connectivity index (χ4v) is 5.31. The first-order chi connectivity index (χ1) is 16.9. The number of hydrogen-bond acceptors (Lipinski definition) is 6. The normalized spacial score (nSPS) is 18.6. The molecule has 2 aliphatic rings. The number of thioether (sulfide) groups is 1. The molecule has 9 heteroatoms. The van der Waals surface area contributed by atoms with Crippen molar-refractivity contribution in [3.63, 3.8) is 0 Å². The SMILES string of the molecule is COc1ccccc1[C@H](C)NC(=O)c1ccc(NC(=O)C[C@@H]2SC(N3CCCCC3)=NC2=O)cc1. The van der Waals surface area contributed by atoms with E-state index in [-0.39, 0.29) is 30.2 Å². The third-order valence-corrected chi connectivity index (χ3v) is 7.32. The summed E-state index contributed by atoms with van der Waals surface area (Å²) in [5, 5.41) is 6.03. The molecular weight excluding hydrogens is 464 g/mol. The van der Waals surface area contributed by atoms with Gasteiger partial charge in [-0.3, -0.25) is 14.4 Å². The zero-order valence-electron chi connectivity index (χ0n) is 20.0. The number of aliphatic imine (C=N–C) groups is 1. The summed E-state index contributed by atoms with van der Waals surface area (Å²) in [6.07, 6.45) is 3.47. The topological polar surface area (TPSA) is 100 Å². The van der Waals surface area contributed by atoms with E-state index >= 15 is 0 Å². The Kier molecular flexibility index (Phi) is 8.07. The van der Waals surface area contributed by atoms with Crippen LogP contribution in [0.3, 0.4) is 0 Å². The minimum absolute atomic E-state index is 0.0585. The van der Waals surface area contributed by atoms with E-state index in [4.69, 9.17) is 4.74 Å². The fraction of sp³-hybridized carbons (Fsp3) is 0.385. The summed E-state index contributed by atoms with van der Waals surface area (Å²) >= 11 is 1.38. The lowest BCUT2D eigenvalue weighted by molar-refractivity contribution is -0.121. The molecule has 0 spiro atoms. The maximum Gasteiger partial charge on any atom is 0.262 e. The molecule has 0 saturated carbocycles. The van der Waals surface area contributed by atoms with E-state index in [1.807, 2.05) is 31.2 Å². The number of nitrogens with one attached hydrogen (secondary N) is 2. The maximum absolute atomic E-state index is 12.7. The summed E-state index contributed by atoms with van der Waals surface area (Å²) in [7, 11) is 1.60. The molecule has 0 radical (unpaired) electrons. The van der Waals surface area contributed by atoms with E-state index in [0.717, 1.165) is 36.7 Å². The van der Waals surface area contributed by atoms with Crippen LogP contribution >= 0.6 is 11.8 Å². The predicted molar refractivity (Wildman–Crippen MR) is 138 cm³/mol. The molecule has 2 aliphatic heterocycles. The molecular formula is C26H30N4O4S. The molecule has 2 aromatic rings. The van der Waals surface area contributed by atoms with Crippen molar-refractivity contribution < 1.29 is 19.1 Å². The van der Waals surface area contributed by atoms with Gasteiger partial charge >= 0.3 is 0 Å². The van der Waals surface area contributed by atoms with Gasteiger partial charge in [0.15, 0.2) is 5.17 Å². The van der Waals surface area contributed by atoms with Crippen LogP contribution in [0.15, 0.2) is 53.5 Å². The average Bonchev–Trinajstić information content (AvgIpc) is 3.24. The number of rotatable bonds is 7. The molecule has 184 valence electrons. The summed E-state index contributed by atoms with van der Waals surface area (Å²) in [5.41, 5.74) is 1.93. The van der Waals surface area contributed by atoms with Crippen molar-refractivity contribution in [1.82, 2.24) is 10.2 Å². The van der Waals surface area contributed by atoms with E-state index < -0.39 is 5.25 Å². The minimum atomic E-state index is -0.492. The van der Waals surface area contributed by atoms with Crippen LogP contribution in [0.2, 0.25) is 0 Å². The van der Waals surface area contributed by atoms with Crippen LogP contribution in [-0.4, -0.2) is 53.2 Å². The van der Waals surface area contributed by atoms with Gasteiger partial charge in [-0.1, -0.05) is 30.0 Å². The lowest BCUT2D eigenvalue weighted by Gasteiger charge is -2.27. The zero-order chi connectivity index (χ0) is 24.8. The molecule has 0 aliphatic carbocycles. The number of para-hydroxylation sites is 1. The Balaban J connectivity index is 1.28. The molecule has 0 aromatic heterocycles. The monoisotopic (exact) mass is 494 g/mol. The molecule has 2 heterocycles. The first kappa shape index (κ1) is 24.8. The quantitative estimate of drug-likeness (QED) is 0.604. The molecule has 1 saturated heterocycles. The Hall–Kier alpha value is -3.33. The zero-order valence-corrected chi connectivity index (χ0v) is 20.8. The summed E-state index contributed by atoms with van der Waals surface area (Å²) in [6, 6.07) is 14.0. The van der Waals surface area contributed by atoms with E-state index in [1.54, 1.807) is 31.4 Å². The highest BCUT2D eigenvalue weighted by atomic mass is 32.2. The molecule has 4 rings (SSSR count). The number of piperidine rings is 1. The van der Waals surface area contributed by atoms with Crippen molar-refractivity contribution in [3.05, 3.63) is 59.7 Å². The summed E-state index contributed by atoms with van der Waals surface area (Å²) < 4.78 is 5.37.